The monoisotopic (exact) mass is 185 g/mol. The van der Waals surface area contributed by atoms with E-state index < -0.39 is 5.60 Å². The molecule has 0 aromatic heterocycles. The van der Waals surface area contributed by atoms with Crippen molar-refractivity contribution >= 4 is 0 Å². The second-order valence-electron chi connectivity index (χ2n) is 4.60. The molecule has 2 aliphatic carbocycles. The van der Waals surface area contributed by atoms with Crippen molar-refractivity contribution in [2.24, 2.45) is 5.73 Å². The maximum absolute atomic E-state index is 9.97. The van der Waals surface area contributed by atoms with Crippen molar-refractivity contribution in [3.05, 3.63) is 0 Å². The Labute approximate surface area is 79.3 Å². The van der Waals surface area contributed by atoms with Crippen LogP contribution in [-0.4, -0.2) is 29.5 Å². The van der Waals surface area contributed by atoms with E-state index in [1.165, 1.54) is 0 Å². The summed E-state index contributed by atoms with van der Waals surface area (Å²) < 4.78 is 5.61. The highest BCUT2D eigenvalue weighted by atomic mass is 16.5. The van der Waals surface area contributed by atoms with Gasteiger partial charge >= 0.3 is 0 Å². The average molecular weight is 185 g/mol. The fourth-order valence-corrected chi connectivity index (χ4v) is 2.19. The van der Waals surface area contributed by atoms with Crippen molar-refractivity contribution < 1.29 is 9.84 Å². The van der Waals surface area contributed by atoms with Crippen molar-refractivity contribution in [2.45, 2.75) is 56.3 Å². The molecule has 3 nitrogen and oxygen atoms in total. The predicted molar refractivity (Wildman–Crippen MR) is 50.4 cm³/mol. The Morgan fingerprint density at radius 2 is 1.92 bits per heavy atom. The third-order valence-corrected chi connectivity index (χ3v) is 3.25. The van der Waals surface area contributed by atoms with E-state index in [1.54, 1.807) is 0 Å². The van der Waals surface area contributed by atoms with Gasteiger partial charge in [0.15, 0.2) is 0 Å². The van der Waals surface area contributed by atoms with Crippen molar-refractivity contribution in [1.82, 2.24) is 0 Å². The topological polar surface area (TPSA) is 55.5 Å². The van der Waals surface area contributed by atoms with Crippen LogP contribution in [0.2, 0.25) is 0 Å². The molecule has 0 aromatic carbocycles. The Hall–Kier alpha value is -0.120. The van der Waals surface area contributed by atoms with E-state index in [1.807, 2.05) is 0 Å². The molecule has 0 unspecified atom stereocenters. The fraction of sp³-hybridized carbons (Fsp3) is 1.00. The maximum atomic E-state index is 9.97. The van der Waals surface area contributed by atoms with Crippen molar-refractivity contribution in [3.8, 4) is 0 Å². The van der Waals surface area contributed by atoms with Gasteiger partial charge in [-0.15, -0.1) is 0 Å². The first-order valence-corrected chi connectivity index (χ1v) is 5.27. The molecule has 0 radical (unpaired) electrons. The molecule has 0 spiro atoms. The SMILES string of the molecule is NC1CC(OCC2(O)CCCC2)C1. The summed E-state index contributed by atoms with van der Waals surface area (Å²) in [5.74, 6) is 0. The first-order chi connectivity index (χ1) is 6.18. The molecule has 2 fully saturated rings. The lowest BCUT2D eigenvalue weighted by Gasteiger charge is -2.34. The van der Waals surface area contributed by atoms with Gasteiger partial charge in [-0.3, -0.25) is 0 Å². The van der Waals surface area contributed by atoms with E-state index in [2.05, 4.69) is 0 Å². The minimum atomic E-state index is -0.514. The zero-order valence-corrected chi connectivity index (χ0v) is 8.04. The van der Waals surface area contributed by atoms with E-state index in [-0.39, 0.29) is 0 Å². The van der Waals surface area contributed by atoms with Crippen molar-refractivity contribution in [2.75, 3.05) is 6.61 Å². The second-order valence-corrected chi connectivity index (χ2v) is 4.60. The number of hydrogen-bond donors (Lipinski definition) is 2. The Morgan fingerprint density at radius 3 is 2.46 bits per heavy atom. The van der Waals surface area contributed by atoms with Gasteiger partial charge in [-0.25, -0.2) is 0 Å². The van der Waals surface area contributed by atoms with E-state index in [0.717, 1.165) is 38.5 Å². The average Bonchev–Trinajstić information content (AvgIpc) is 2.45. The summed E-state index contributed by atoms with van der Waals surface area (Å²) in [6.45, 7) is 0.518. The first-order valence-electron chi connectivity index (χ1n) is 5.27. The number of ether oxygens (including phenoxy) is 1. The van der Waals surface area contributed by atoms with Crippen LogP contribution in [0.1, 0.15) is 38.5 Å². The van der Waals surface area contributed by atoms with Gasteiger partial charge in [0.25, 0.3) is 0 Å². The van der Waals surface area contributed by atoms with Crippen molar-refractivity contribution in [1.29, 1.82) is 0 Å². The van der Waals surface area contributed by atoms with E-state index in [0.29, 0.717) is 18.8 Å². The summed E-state index contributed by atoms with van der Waals surface area (Å²) in [7, 11) is 0. The molecule has 2 aliphatic rings. The van der Waals surface area contributed by atoms with Gasteiger partial charge in [0.2, 0.25) is 0 Å². The number of aliphatic hydroxyl groups is 1. The minimum Gasteiger partial charge on any atom is -0.387 e. The molecule has 3 heteroatoms. The van der Waals surface area contributed by atoms with Crippen LogP contribution in [0, 0.1) is 0 Å². The maximum Gasteiger partial charge on any atom is 0.0880 e. The summed E-state index contributed by atoms with van der Waals surface area (Å²) >= 11 is 0. The molecule has 0 atom stereocenters. The summed E-state index contributed by atoms with van der Waals surface area (Å²) in [6.07, 6.45) is 6.36. The molecule has 13 heavy (non-hydrogen) atoms. The van der Waals surface area contributed by atoms with Crippen molar-refractivity contribution in [3.63, 3.8) is 0 Å². The summed E-state index contributed by atoms with van der Waals surface area (Å²) in [4.78, 5) is 0. The smallest absolute Gasteiger partial charge is 0.0880 e. The Balaban J connectivity index is 1.67. The Kier molecular flexibility index (Phi) is 2.58. The van der Waals surface area contributed by atoms with Gasteiger partial charge in [-0.05, 0) is 25.7 Å². The van der Waals surface area contributed by atoms with Gasteiger partial charge in [0, 0.05) is 6.04 Å². The quantitative estimate of drug-likeness (QED) is 0.683. The lowest BCUT2D eigenvalue weighted by molar-refractivity contribution is -0.0930. The lowest BCUT2D eigenvalue weighted by Crippen LogP contribution is -2.44. The minimum absolute atomic E-state index is 0.319. The van der Waals surface area contributed by atoms with E-state index >= 15 is 0 Å². The van der Waals surface area contributed by atoms with Crippen LogP contribution in [0.4, 0.5) is 0 Å². The largest absolute Gasteiger partial charge is 0.387 e. The molecule has 3 N–H and O–H groups in total. The van der Waals surface area contributed by atoms with Gasteiger partial charge in [-0.2, -0.15) is 0 Å². The normalized spacial score (nSPS) is 37.4. The predicted octanol–water partition coefficient (Wildman–Crippen LogP) is 0.798. The Bertz CT molecular complexity index is 172. The van der Waals surface area contributed by atoms with Gasteiger partial charge in [0.05, 0.1) is 18.3 Å². The number of hydrogen-bond acceptors (Lipinski definition) is 3. The van der Waals surface area contributed by atoms with Crippen LogP contribution in [0.15, 0.2) is 0 Å². The van der Waals surface area contributed by atoms with Crippen LogP contribution < -0.4 is 5.73 Å². The van der Waals surface area contributed by atoms with E-state index in [4.69, 9.17) is 10.5 Å². The van der Waals surface area contributed by atoms with Gasteiger partial charge in [-0.1, -0.05) is 12.8 Å². The zero-order valence-electron chi connectivity index (χ0n) is 8.04. The lowest BCUT2D eigenvalue weighted by atomic mass is 9.90. The van der Waals surface area contributed by atoms with Crippen LogP contribution in [0.25, 0.3) is 0 Å². The summed E-state index contributed by atoms with van der Waals surface area (Å²) in [6, 6.07) is 0.336. The highest BCUT2D eigenvalue weighted by Gasteiger charge is 2.34. The second kappa shape index (κ2) is 3.56. The number of nitrogens with two attached hydrogens (primary N) is 1. The summed E-state index contributed by atoms with van der Waals surface area (Å²) in [5.41, 5.74) is 5.13. The number of rotatable bonds is 3. The fourth-order valence-electron chi connectivity index (χ4n) is 2.19. The highest BCUT2D eigenvalue weighted by molar-refractivity contribution is 4.87. The van der Waals surface area contributed by atoms with E-state index in [9.17, 15) is 5.11 Å². The molecule has 0 amide bonds. The first kappa shape index (κ1) is 9.44. The standard InChI is InChI=1S/C10H19NO2/c11-8-5-9(6-8)13-7-10(12)3-1-2-4-10/h8-9,12H,1-7,11H2. The molecular formula is C10H19NO2. The molecule has 0 heterocycles. The molecule has 2 saturated carbocycles. The zero-order chi connectivity index (χ0) is 9.31. The third kappa shape index (κ3) is 2.22. The van der Waals surface area contributed by atoms with Crippen LogP contribution in [0.5, 0.6) is 0 Å². The van der Waals surface area contributed by atoms with Crippen LogP contribution in [0.3, 0.4) is 0 Å². The molecule has 2 rings (SSSR count). The van der Waals surface area contributed by atoms with Crippen LogP contribution in [-0.2, 0) is 4.74 Å². The molecule has 0 aliphatic heterocycles. The van der Waals surface area contributed by atoms with Gasteiger partial charge in [0.1, 0.15) is 0 Å². The summed E-state index contributed by atoms with van der Waals surface area (Å²) in [5, 5.41) is 9.97. The molecule has 76 valence electrons. The highest BCUT2D eigenvalue weighted by Crippen LogP contribution is 2.31. The third-order valence-electron chi connectivity index (χ3n) is 3.25. The molecular weight excluding hydrogens is 166 g/mol. The van der Waals surface area contributed by atoms with Gasteiger partial charge < -0.3 is 15.6 Å². The van der Waals surface area contributed by atoms with Crippen LogP contribution >= 0.6 is 0 Å². The molecule has 0 bridgehead atoms. The molecule has 0 saturated heterocycles. The Morgan fingerprint density at radius 1 is 1.31 bits per heavy atom. The molecule has 0 aromatic rings.